The van der Waals surface area contributed by atoms with E-state index in [0.717, 1.165) is 29.6 Å². The molecule has 0 aliphatic carbocycles. The lowest BCUT2D eigenvalue weighted by atomic mass is 10.1. The Balaban J connectivity index is 0.000000509. The molecule has 0 radical (unpaired) electrons. The number of nitrogens with zero attached hydrogens (tertiary/aromatic N) is 4. The van der Waals surface area contributed by atoms with E-state index in [1.165, 1.54) is 6.07 Å². The Hall–Kier alpha value is -4.14. The fourth-order valence-corrected chi connectivity index (χ4v) is 3.70. The predicted molar refractivity (Wildman–Crippen MR) is 131 cm³/mol. The highest BCUT2D eigenvalue weighted by Crippen LogP contribution is 2.36. The summed E-state index contributed by atoms with van der Waals surface area (Å²) >= 11 is 1.13. The minimum Gasteiger partial charge on any atom is -0.496 e. The number of hydrogen-bond donors (Lipinski definition) is 2. The van der Waals surface area contributed by atoms with Gasteiger partial charge in [-0.25, -0.2) is 4.39 Å². The SMILES string of the molecule is C=C(C#N)C=O.CNCc1cnn(Cc2cc(OC)c3c(NSc4ccccc4F)noc3c2)c1. The maximum Gasteiger partial charge on any atom is 0.191 e. The monoisotopic (exact) mass is 494 g/mol. The molecule has 0 unspecified atom stereocenters. The maximum atomic E-state index is 13.8. The molecule has 9 nitrogen and oxygen atoms in total. The second kappa shape index (κ2) is 12.4. The lowest BCUT2D eigenvalue weighted by Crippen LogP contribution is -2.04. The maximum absolute atomic E-state index is 13.8. The number of methoxy groups -OCH3 is 1. The number of carbonyl (C=O) groups excluding carboxylic acids is 1. The third-order valence-corrected chi connectivity index (χ3v) is 5.46. The van der Waals surface area contributed by atoms with Gasteiger partial charge in [-0.15, -0.1) is 0 Å². The van der Waals surface area contributed by atoms with Crippen molar-refractivity contribution in [3.05, 3.63) is 77.9 Å². The molecule has 180 valence electrons. The number of fused-ring (bicyclic) bond motifs is 1. The molecule has 35 heavy (non-hydrogen) atoms. The standard InChI is InChI=1S/C20H20FN5O2S.C4H3NO/c1-22-9-14-10-23-26(12-14)11-13-7-16(27-2)19-17(8-13)28-24-20(19)25-29-18-6-4-3-5-15(18)21;1-4(2-5)3-6/h3-8,10,12,22H,9,11H2,1-2H3,(H,24,25);3H,1H2. The van der Waals surface area contributed by atoms with Crippen molar-refractivity contribution in [3.63, 3.8) is 0 Å². The number of allylic oxidation sites excluding steroid dienone is 1. The normalized spacial score (nSPS) is 10.2. The Morgan fingerprint density at radius 2 is 2.17 bits per heavy atom. The molecular weight excluding hydrogens is 471 g/mol. The predicted octanol–water partition coefficient (Wildman–Crippen LogP) is 4.32. The zero-order valence-electron chi connectivity index (χ0n) is 19.1. The summed E-state index contributed by atoms with van der Waals surface area (Å²) in [6.45, 7) is 4.40. The van der Waals surface area contributed by atoms with Gasteiger partial charge in [0.15, 0.2) is 17.7 Å². The summed E-state index contributed by atoms with van der Waals surface area (Å²) in [5.74, 6) is 0.800. The van der Waals surface area contributed by atoms with Crippen molar-refractivity contribution in [1.29, 1.82) is 5.26 Å². The number of aromatic nitrogens is 3. The van der Waals surface area contributed by atoms with E-state index >= 15 is 0 Å². The molecule has 0 fully saturated rings. The number of benzene rings is 2. The number of ether oxygens (including phenoxy) is 1. The summed E-state index contributed by atoms with van der Waals surface area (Å²) in [6.07, 6.45) is 4.24. The van der Waals surface area contributed by atoms with E-state index in [1.807, 2.05) is 36.3 Å². The molecule has 4 rings (SSSR count). The van der Waals surface area contributed by atoms with Crippen molar-refractivity contribution in [1.82, 2.24) is 20.3 Å². The Bertz CT molecular complexity index is 1360. The number of aldehydes is 1. The van der Waals surface area contributed by atoms with Crippen LogP contribution in [0.25, 0.3) is 11.0 Å². The van der Waals surface area contributed by atoms with E-state index in [1.54, 1.807) is 31.4 Å². The van der Waals surface area contributed by atoms with Crippen molar-refractivity contribution in [2.24, 2.45) is 0 Å². The van der Waals surface area contributed by atoms with E-state index in [4.69, 9.17) is 14.5 Å². The average Bonchev–Trinajstić information content (AvgIpc) is 3.49. The Morgan fingerprint density at radius 3 is 2.83 bits per heavy atom. The number of nitriles is 1. The molecule has 11 heteroatoms. The summed E-state index contributed by atoms with van der Waals surface area (Å²) < 4.78 is 29.8. The summed E-state index contributed by atoms with van der Waals surface area (Å²) in [5.41, 5.74) is 2.63. The van der Waals surface area contributed by atoms with Crippen molar-refractivity contribution in [3.8, 4) is 11.8 Å². The lowest BCUT2D eigenvalue weighted by molar-refractivity contribution is -0.104. The quantitative estimate of drug-likeness (QED) is 0.152. The summed E-state index contributed by atoms with van der Waals surface area (Å²) in [4.78, 5) is 9.88. The summed E-state index contributed by atoms with van der Waals surface area (Å²) in [6, 6.07) is 11.9. The number of anilines is 1. The van der Waals surface area contributed by atoms with Crippen LogP contribution in [-0.2, 0) is 17.9 Å². The fraction of sp³-hybridized carbons (Fsp3) is 0.167. The molecule has 0 aliphatic rings. The van der Waals surface area contributed by atoms with Gasteiger partial charge in [0.1, 0.15) is 23.0 Å². The van der Waals surface area contributed by atoms with Crippen molar-refractivity contribution in [2.75, 3.05) is 18.9 Å². The van der Waals surface area contributed by atoms with Gasteiger partial charge in [0.05, 0.1) is 30.3 Å². The van der Waals surface area contributed by atoms with Crippen LogP contribution in [-0.4, -0.2) is 35.4 Å². The molecule has 0 atom stereocenters. The van der Waals surface area contributed by atoms with Crippen molar-refractivity contribution < 1.29 is 18.4 Å². The van der Waals surface area contributed by atoms with Gasteiger partial charge in [-0.2, -0.15) is 10.4 Å². The van der Waals surface area contributed by atoms with Crippen LogP contribution in [0, 0.1) is 17.1 Å². The molecule has 2 heterocycles. The first-order valence-corrected chi connectivity index (χ1v) is 11.1. The first kappa shape index (κ1) is 25.5. The number of nitrogens with one attached hydrogen (secondary N) is 2. The number of rotatable bonds is 9. The van der Waals surface area contributed by atoms with Crippen LogP contribution < -0.4 is 14.8 Å². The van der Waals surface area contributed by atoms with Gasteiger partial charge in [-0.05, 0) is 48.8 Å². The van der Waals surface area contributed by atoms with Gasteiger partial charge in [0.25, 0.3) is 0 Å². The molecule has 0 aliphatic heterocycles. The molecule has 0 saturated heterocycles. The highest BCUT2D eigenvalue weighted by molar-refractivity contribution is 8.00. The number of carbonyl (C=O) groups is 1. The Labute approximate surface area is 205 Å². The van der Waals surface area contributed by atoms with Crippen LogP contribution in [0.2, 0.25) is 0 Å². The molecule has 0 saturated carbocycles. The van der Waals surface area contributed by atoms with Crippen LogP contribution >= 0.6 is 11.9 Å². The number of hydrogen-bond acceptors (Lipinski definition) is 9. The first-order chi connectivity index (χ1) is 17.0. The number of halogens is 1. The van der Waals surface area contributed by atoms with Crippen LogP contribution in [0.3, 0.4) is 0 Å². The third-order valence-electron chi connectivity index (χ3n) is 4.61. The molecule has 0 bridgehead atoms. The van der Waals surface area contributed by atoms with Crippen LogP contribution in [0.5, 0.6) is 5.75 Å². The molecular formula is C24H23FN6O3S. The zero-order valence-corrected chi connectivity index (χ0v) is 19.9. The topological polar surface area (TPSA) is 118 Å². The molecule has 2 aromatic heterocycles. The van der Waals surface area contributed by atoms with Gasteiger partial charge in [0, 0.05) is 18.3 Å². The Kier molecular flexibility index (Phi) is 9.00. The summed E-state index contributed by atoms with van der Waals surface area (Å²) in [5, 5.41) is 20.0. The molecule has 4 aromatic rings. The average molecular weight is 495 g/mol. The molecule has 0 amide bonds. The van der Waals surface area contributed by atoms with E-state index < -0.39 is 0 Å². The van der Waals surface area contributed by atoms with Crippen molar-refractivity contribution >= 4 is 35.0 Å². The highest BCUT2D eigenvalue weighted by atomic mass is 32.2. The molecule has 2 N–H and O–H groups in total. The molecule has 0 spiro atoms. The minimum absolute atomic E-state index is 0.0324. The lowest BCUT2D eigenvalue weighted by Gasteiger charge is -2.08. The van der Waals surface area contributed by atoms with E-state index in [9.17, 15) is 9.18 Å². The van der Waals surface area contributed by atoms with Crippen LogP contribution in [0.15, 0.2) is 70.4 Å². The van der Waals surface area contributed by atoms with Crippen LogP contribution in [0.4, 0.5) is 10.2 Å². The third kappa shape index (κ3) is 6.69. The smallest absolute Gasteiger partial charge is 0.191 e. The van der Waals surface area contributed by atoms with Crippen LogP contribution in [0.1, 0.15) is 11.1 Å². The minimum atomic E-state index is -0.302. The van der Waals surface area contributed by atoms with E-state index in [0.29, 0.717) is 40.3 Å². The highest BCUT2D eigenvalue weighted by Gasteiger charge is 2.16. The van der Waals surface area contributed by atoms with Crippen molar-refractivity contribution in [2.45, 2.75) is 18.0 Å². The Morgan fingerprint density at radius 1 is 1.37 bits per heavy atom. The second-order valence-corrected chi connectivity index (χ2v) is 8.02. The van der Waals surface area contributed by atoms with Gasteiger partial charge in [-0.1, -0.05) is 23.9 Å². The van der Waals surface area contributed by atoms with Gasteiger partial charge < -0.3 is 19.3 Å². The van der Waals surface area contributed by atoms with E-state index in [2.05, 4.69) is 26.9 Å². The summed E-state index contributed by atoms with van der Waals surface area (Å²) in [7, 11) is 3.49. The second-order valence-electron chi connectivity index (χ2n) is 7.17. The molecule has 2 aromatic carbocycles. The zero-order chi connectivity index (χ0) is 25.2. The largest absolute Gasteiger partial charge is 0.496 e. The van der Waals surface area contributed by atoms with E-state index in [-0.39, 0.29) is 11.4 Å². The van der Waals surface area contributed by atoms with Gasteiger partial charge in [-0.3, -0.25) is 9.48 Å². The fourth-order valence-electron chi connectivity index (χ4n) is 3.04. The van der Waals surface area contributed by atoms with Gasteiger partial charge in [0.2, 0.25) is 0 Å². The van der Waals surface area contributed by atoms with Gasteiger partial charge >= 0.3 is 0 Å². The first-order valence-electron chi connectivity index (χ1n) is 10.3.